The minimum atomic E-state index is -0.446. The van der Waals surface area contributed by atoms with E-state index in [1.807, 2.05) is 45.9 Å². The van der Waals surface area contributed by atoms with Crippen LogP contribution >= 0.6 is 0 Å². The maximum absolute atomic E-state index is 12.9. The zero-order chi connectivity index (χ0) is 28.1. The van der Waals surface area contributed by atoms with Gasteiger partial charge in [0.15, 0.2) is 5.78 Å². The number of carbonyl (C=O) groups excluding carboxylic acids is 4. The van der Waals surface area contributed by atoms with E-state index in [0.717, 1.165) is 11.1 Å². The molecule has 2 rings (SSSR count). The van der Waals surface area contributed by atoms with Crippen LogP contribution in [0.3, 0.4) is 0 Å². The molecule has 0 aliphatic rings. The van der Waals surface area contributed by atoms with Crippen LogP contribution in [0.4, 0.5) is 0 Å². The number of ketones is 3. The van der Waals surface area contributed by atoms with E-state index >= 15 is 0 Å². The molecule has 8 nitrogen and oxygen atoms in total. The smallest absolute Gasteiger partial charge is 0.251 e. The van der Waals surface area contributed by atoms with Crippen molar-refractivity contribution in [1.82, 2.24) is 10.3 Å². The molecule has 8 heteroatoms. The van der Waals surface area contributed by atoms with E-state index in [1.165, 1.54) is 0 Å². The van der Waals surface area contributed by atoms with Crippen molar-refractivity contribution < 1.29 is 28.7 Å². The first-order chi connectivity index (χ1) is 18.1. The maximum Gasteiger partial charge on any atom is 0.251 e. The van der Waals surface area contributed by atoms with Gasteiger partial charge < -0.3 is 14.8 Å². The predicted octanol–water partition coefficient (Wildman–Crippen LogP) is 4.70. The molecule has 0 aliphatic heterocycles. The average molecular weight is 525 g/mol. The number of aromatic nitrogens is 1. The fraction of sp³-hybridized carbons (Fsp3) is 0.500. The maximum atomic E-state index is 12.9. The van der Waals surface area contributed by atoms with Gasteiger partial charge in [-0.25, -0.2) is 0 Å². The Bertz CT molecular complexity index is 1030. The predicted molar refractivity (Wildman–Crippen MR) is 146 cm³/mol. The Hall–Kier alpha value is -3.23. The molecule has 206 valence electrons. The lowest BCUT2D eigenvalue weighted by Crippen LogP contribution is -2.42. The minimum Gasteiger partial charge on any atom is -0.379 e. The van der Waals surface area contributed by atoms with Crippen molar-refractivity contribution in [1.29, 1.82) is 0 Å². The van der Waals surface area contributed by atoms with Crippen molar-refractivity contribution in [2.75, 3.05) is 26.4 Å². The van der Waals surface area contributed by atoms with Gasteiger partial charge in [0.2, 0.25) is 0 Å². The first-order valence-electron chi connectivity index (χ1n) is 13.2. The molecule has 38 heavy (non-hydrogen) atoms. The number of hydrogen-bond acceptors (Lipinski definition) is 7. The average Bonchev–Trinajstić information content (AvgIpc) is 2.92. The highest BCUT2D eigenvalue weighted by Crippen LogP contribution is 2.19. The number of carbonyl (C=O) groups is 4. The van der Waals surface area contributed by atoms with Crippen LogP contribution in [0.5, 0.6) is 0 Å². The zero-order valence-corrected chi connectivity index (χ0v) is 23.1. The summed E-state index contributed by atoms with van der Waals surface area (Å²) in [6.07, 6.45) is 2.67. The molecule has 0 bridgehead atoms. The van der Waals surface area contributed by atoms with Crippen LogP contribution in [0.25, 0.3) is 11.1 Å². The lowest BCUT2D eigenvalue weighted by atomic mass is 10.0. The number of benzene rings is 1. The van der Waals surface area contributed by atoms with E-state index in [1.54, 1.807) is 31.3 Å². The van der Waals surface area contributed by atoms with Crippen molar-refractivity contribution in [2.45, 2.75) is 59.9 Å². The van der Waals surface area contributed by atoms with E-state index in [4.69, 9.17) is 9.47 Å². The monoisotopic (exact) mass is 524 g/mol. The van der Waals surface area contributed by atoms with Gasteiger partial charge in [-0.15, -0.1) is 0 Å². The number of Topliss-reactive ketones (excluding diaryl/α,β-unsaturated/α-hetero) is 3. The number of ether oxygens (including phenoxy) is 2. The normalized spacial score (nSPS) is 11.3. The van der Waals surface area contributed by atoms with E-state index in [9.17, 15) is 19.2 Å². The Balaban J connectivity index is 1.98. The molecule has 0 spiro atoms. The number of pyridine rings is 1. The van der Waals surface area contributed by atoms with Crippen LogP contribution in [0.1, 0.15) is 74.7 Å². The van der Waals surface area contributed by atoms with E-state index in [-0.39, 0.29) is 61.5 Å². The first-order valence-corrected chi connectivity index (χ1v) is 13.2. The molecule has 0 aliphatic carbocycles. The fourth-order valence-electron chi connectivity index (χ4n) is 3.50. The summed E-state index contributed by atoms with van der Waals surface area (Å²) in [5.41, 5.74) is 2.62. The second-order valence-electron chi connectivity index (χ2n) is 9.85. The summed E-state index contributed by atoms with van der Waals surface area (Å²) in [4.78, 5) is 52.7. The molecule has 0 saturated heterocycles. The molecule has 0 fully saturated rings. The second-order valence-corrected chi connectivity index (χ2v) is 9.85. The van der Waals surface area contributed by atoms with Crippen molar-refractivity contribution in [2.24, 2.45) is 11.8 Å². The molecule has 1 heterocycles. The summed E-state index contributed by atoms with van der Waals surface area (Å²) >= 11 is 0. The van der Waals surface area contributed by atoms with Crippen molar-refractivity contribution in [3.8, 4) is 11.1 Å². The van der Waals surface area contributed by atoms with Crippen LogP contribution < -0.4 is 5.32 Å². The topological polar surface area (TPSA) is 112 Å². The number of nitrogens with zero attached hydrogens (tertiary/aromatic N) is 1. The quantitative estimate of drug-likeness (QED) is 0.236. The van der Waals surface area contributed by atoms with Gasteiger partial charge in [0.05, 0.1) is 32.5 Å². The molecule has 0 atom stereocenters. The highest BCUT2D eigenvalue weighted by atomic mass is 16.5. The zero-order valence-electron chi connectivity index (χ0n) is 23.1. The first kappa shape index (κ1) is 31.0. The van der Waals surface area contributed by atoms with Crippen LogP contribution in [-0.4, -0.2) is 60.7 Å². The molecule has 1 N–H and O–H groups in total. The van der Waals surface area contributed by atoms with Crippen molar-refractivity contribution in [3.63, 3.8) is 0 Å². The second kappa shape index (κ2) is 15.9. The van der Waals surface area contributed by atoms with Crippen LogP contribution in [-0.2, 0) is 19.1 Å². The Labute approximate surface area is 225 Å². The van der Waals surface area contributed by atoms with Crippen LogP contribution in [0.15, 0.2) is 42.6 Å². The third-order valence-corrected chi connectivity index (χ3v) is 6.10. The van der Waals surface area contributed by atoms with Crippen LogP contribution in [0.2, 0.25) is 0 Å². The molecular formula is C30H40N2O6. The molecule has 2 aromatic rings. The van der Waals surface area contributed by atoms with Gasteiger partial charge >= 0.3 is 0 Å². The highest BCUT2D eigenvalue weighted by Gasteiger charge is 2.17. The Morgan fingerprint density at radius 2 is 1.32 bits per heavy atom. The van der Waals surface area contributed by atoms with Gasteiger partial charge in [0, 0.05) is 48.4 Å². The number of nitrogens with one attached hydrogen (secondary N) is 1. The number of hydrogen-bond donors (Lipinski definition) is 1. The lowest BCUT2D eigenvalue weighted by molar-refractivity contribution is -0.123. The summed E-state index contributed by atoms with van der Waals surface area (Å²) in [6, 6.07) is 10.2. The Kier molecular flexibility index (Phi) is 13.0. The third kappa shape index (κ3) is 10.3. The SMILES string of the molecule is CCC(=O)c1ccc(-c2ccc(C(=O)NC(COCCC(=O)C(C)C)COCCC(=O)C(C)C)cc2)cn1. The van der Waals surface area contributed by atoms with Crippen molar-refractivity contribution >= 4 is 23.3 Å². The Morgan fingerprint density at radius 3 is 1.76 bits per heavy atom. The summed E-state index contributed by atoms with van der Waals surface area (Å²) in [7, 11) is 0. The summed E-state index contributed by atoms with van der Waals surface area (Å²) in [6.45, 7) is 10.1. The molecule has 1 aromatic carbocycles. The molecule has 0 radical (unpaired) electrons. The fourth-order valence-corrected chi connectivity index (χ4v) is 3.50. The van der Waals surface area contributed by atoms with Gasteiger partial charge in [0.25, 0.3) is 5.91 Å². The molecule has 0 unspecified atom stereocenters. The summed E-state index contributed by atoms with van der Waals surface area (Å²) in [5.74, 6) is -0.152. The highest BCUT2D eigenvalue weighted by molar-refractivity contribution is 5.95. The van der Waals surface area contributed by atoms with E-state index < -0.39 is 6.04 Å². The van der Waals surface area contributed by atoms with Gasteiger partial charge in [-0.1, -0.05) is 52.8 Å². The number of rotatable bonds is 17. The van der Waals surface area contributed by atoms with Crippen molar-refractivity contribution in [3.05, 3.63) is 53.9 Å². The minimum absolute atomic E-state index is 0.0101. The Morgan fingerprint density at radius 1 is 0.789 bits per heavy atom. The summed E-state index contributed by atoms with van der Waals surface area (Å²) < 4.78 is 11.3. The molecule has 1 amide bonds. The standard InChI is InChI=1S/C30H40N2O6/c1-6-27(33)26-12-11-24(17-31-26)22-7-9-23(10-8-22)30(36)32-25(18-37-15-13-28(34)20(2)3)19-38-16-14-29(35)21(4)5/h7-12,17,20-21,25H,6,13-16,18-19H2,1-5H3,(H,32,36). The lowest BCUT2D eigenvalue weighted by Gasteiger charge is -2.19. The van der Waals surface area contributed by atoms with Gasteiger partial charge in [-0.2, -0.15) is 0 Å². The van der Waals surface area contributed by atoms with Gasteiger partial charge in [0.1, 0.15) is 17.3 Å². The molecular weight excluding hydrogens is 484 g/mol. The summed E-state index contributed by atoms with van der Waals surface area (Å²) in [5, 5.41) is 2.93. The van der Waals surface area contributed by atoms with Crippen LogP contribution in [0, 0.1) is 11.8 Å². The van der Waals surface area contributed by atoms with Gasteiger partial charge in [-0.3, -0.25) is 24.2 Å². The number of amides is 1. The third-order valence-electron chi connectivity index (χ3n) is 6.10. The largest absolute Gasteiger partial charge is 0.379 e. The van der Waals surface area contributed by atoms with Gasteiger partial charge in [-0.05, 0) is 23.8 Å². The van der Waals surface area contributed by atoms with E-state index in [2.05, 4.69) is 10.3 Å². The van der Waals surface area contributed by atoms with E-state index in [0.29, 0.717) is 30.5 Å². The molecule has 1 aromatic heterocycles. The molecule has 0 saturated carbocycles.